The molecule has 0 aliphatic rings. The number of aliphatic carboxylic acids is 2. The van der Waals surface area contributed by atoms with Crippen LogP contribution in [0.1, 0.15) is 44.7 Å². The van der Waals surface area contributed by atoms with Crippen LogP contribution in [0, 0.1) is 0 Å². The molecule has 1 aromatic rings. The molecule has 1 rings (SSSR count). The summed E-state index contributed by atoms with van der Waals surface area (Å²) >= 11 is 0. The number of aromatic amines is 1. The number of rotatable bonds is 8. The molecule has 22 heavy (non-hydrogen) atoms. The largest absolute Gasteiger partial charge is 2.00 e. The first kappa shape index (κ1) is 22.7. The van der Waals surface area contributed by atoms with Crippen LogP contribution in [0.5, 0.6) is 0 Å². The molecule has 118 valence electrons. The van der Waals surface area contributed by atoms with Gasteiger partial charge < -0.3 is 29.9 Å². The summed E-state index contributed by atoms with van der Waals surface area (Å²) in [4.78, 5) is 26.3. The SMILES string of the molecule is CCCCCCC(O)C(=O)[O-].O=C([O-])C=Cc1c[nH]cn1.[Zn+2]. The van der Waals surface area contributed by atoms with Crippen molar-refractivity contribution in [2.24, 2.45) is 0 Å². The molecule has 1 unspecified atom stereocenters. The molecule has 0 aliphatic heterocycles. The number of nitrogens with zero attached hydrogens (tertiary/aromatic N) is 1. The van der Waals surface area contributed by atoms with Crippen LogP contribution >= 0.6 is 0 Å². The van der Waals surface area contributed by atoms with Gasteiger partial charge in [0.25, 0.3) is 0 Å². The van der Waals surface area contributed by atoms with E-state index < -0.39 is 18.0 Å². The monoisotopic (exact) mass is 360 g/mol. The number of nitrogens with one attached hydrogen (secondary N) is 1. The number of unbranched alkanes of at least 4 members (excludes halogenated alkanes) is 3. The van der Waals surface area contributed by atoms with E-state index in [0.717, 1.165) is 31.8 Å². The number of H-pyrrole nitrogens is 1. The van der Waals surface area contributed by atoms with E-state index in [1.807, 2.05) is 0 Å². The Kier molecular flexibility index (Phi) is 14.9. The van der Waals surface area contributed by atoms with E-state index in [9.17, 15) is 19.8 Å². The number of aliphatic hydroxyl groups excluding tert-OH is 1. The molecule has 1 heterocycles. The van der Waals surface area contributed by atoms with Crippen molar-refractivity contribution < 1.29 is 44.4 Å². The third kappa shape index (κ3) is 13.5. The van der Waals surface area contributed by atoms with Gasteiger partial charge in [-0.25, -0.2) is 4.98 Å². The van der Waals surface area contributed by atoms with E-state index >= 15 is 0 Å². The summed E-state index contributed by atoms with van der Waals surface area (Å²) in [6.07, 6.45) is 8.34. The summed E-state index contributed by atoms with van der Waals surface area (Å²) < 4.78 is 0. The third-order valence-electron chi connectivity index (χ3n) is 2.51. The smallest absolute Gasteiger partial charge is 0.547 e. The Morgan fingerprint density at radius 2 is 2.05 bits per heavy atom. The molecule has 2 N–H and O–H groups in total. The van der Waals surface area contributed by atoms with Gasteiger partial charge in [-0.05, 0) is 18.6 Å². The van der Waals surface area contributed by atoms with Crippen molar-refractivity contribution in [1.82, 2.24) is 9.97 Å². The van der Waals surface area contributed by atoms with E-state index in [0.29, 0.717) is 12.1 Å². The fourth-order valence-electron chi connectivity index (χ4n) is 1.40. The zero-order valence-electron chi connectivity index (χ0n) is 12.7. The second-order valence-corrected chi connectivity index (χ2v) is 4.33. The zero-order valence-corrected chi connectivity index (χ0v) is 15.6. The summed E-state index contributed by atoms with van der Waals surface area (Å²) in [5.41, 5.74) is 0.573. The van der Waals surface area contributed by atoms with Crippen molar-refractivity contribution in [3.8, 4) is 0 Å². The molecular weight excluding hydrogens is 342 g/mol. The molecule has 0 radical (unpaired) electrons. The molecular formula is C14H20N2O5Zn. The van der Waals surface area contributed by atoms with Gasteiger partial charge in [-0.15, -0.1) is 0 Å². The average Bonchev–Trinajstić information content (AvgIpc) is 2.95. The number of carbonyl (C=O) groups is 2. The molecule has 0 aliphatic carbocycles. The van der Waals surface area contributed by atoms with Gasteiger partial charge in [0.15, 0.2) is 0 Å². The summed E-state index contributed by atoms with van der Waals surface area (Å²) in [7, 11) is 0. The minimum atomic E-state index is -1.36. The number of aromatic nitrogens is 2. The molecule has 0 spiro atoms. The predicted octanol–water partition coefficient (Wildman–Crippen LogP) is -0.762. The Balaban J connectivity index is 0. The van der Waals surface area contributed by atoms with Crippen LogP contribution in [0.2, 0.25) is 0 Å². The van der Waals surface area contributed by atoms with Gasteiger partial charge in [-0.1, -0.05) is 32.6 Å². The van der Waals surface area contributed by atoms with Crippen LogP contribution in [0.3, 0.4) is 0 Å². The average molecular weight is 362 g/mol. The number of hydrogen-bond donors (Lipinski definition) is 2. The van der Waals surface area contributed by atoms with Crippen molar-refractivity contribution >= 4 is 18.0 Å². The summed E-state index contributed by atoms with van der Waals surface area (Å²) in [5, 5.41) is 28.6. The van der Waals surface area contributed by atoms with E-state index in [1.54, 1.807) is 6.20 Å². The minimum Gasteiger partial charge on any atom is -0.547 e. The Labute approximate surface area is 142 Å². The van der Waals surface area contributed by atoms with E-state index in [2.05, 4.69) is 16.9 Å². The first-order valence-corrected chi connectivity index (χ1v) is 6.74. The molecule has 0 bridgehead atoms. The topological polar surface area (TPSA) is 129 Å². The van der Waals surface area contributed by atoms with Gasteiger partial charge in [0.1, 0.15) is 0 Å². The Morgan fingerprint density at radius 3 is 2.50 bits per heavy atom. The second kappa shape index (κ2) is 14.4. The predicted molar refractivity (Wildman–Crippen MR) is 72.4 cm³/mol. The van der Waals surface area contributed by atoms with Crippen molar-refractivity contribution in [3.05, 3.63) is 24.3 Å². The summed E-state index contributed by atoms with van der Waals surface area (Å²) in [6.45, 7) is 2.08. The zero-order chi connectivity index (χ0) is 16.1. The molecule has 8 heteroatoms. The van der Waals surface area contributed by atoms with Crippen LogP contribution < -0.4 is 10.2 Å². The van der Waals surface area contributed by atoms with Gasteiger partial charge in [-0.2, -0.15) is 0 Å². The molecule has 0 saturated heterocycles. The Hall–Kier alpha value is -1.53. The van der Waals surface area contributed by atoms with Gasteiger partial charge in [-0.3, -0.25) is 0 Å². The third-order valence-corrected chi connectivity index (χ3v) is 2.51. The van der Waals surface area contributed by atoms with E-state index in [4.69, 9.17) is 5.11 Å². The van der Waals surface area contributed by atoms with Crippen LogP contribution in [0.4, 0.5) is 0 Å². The van der Waals surface area contributed by atoms with Gasteiger partial charge in [0.2, 0.25) is 0 Å². The van der Waals surface area contributed by atoms with Crippen molar-refractivity contribution in [2.75, 3.05) is 0 Å². The maximum Gasteiger partial charge on any atom is 2.00 e. The second-order valence-electron chi connectivity index (χ2n) is 4.33. The number of carbonyl (C=O) groups excluding carboxylic acids is 2. The molecule has 0 saturated carbocycles. The molecule has 0 fully saturated rings. The first-order valence-electron chi connectivity index (χ1n) is 6.74. The number of aliphatic hydroxyl groups is 1. The first-order chi connectivity index (χ1) is 9.97. The van der Waals surface area contributed by atoms with Crippen LogP contribution in [-0.2, 0) is 29.1 Å². The molecule has 1 atom stereocenters. The maximum absolute atomic E-state index is 10.0. The standard InChI is InChI=1S/C8H16O3.C6H6N2O2.Zn/c1-2-3-4-5-6-7(9)8(10)11;9-6(10)2-1-5-3-7-4-8-5;/h7,9H,2-6H2,1H3,(H,10,11);1-4H,(H,7,8)(H,9,10);/q;;+2/p-2. The van der Waals surface area contributed by atoms with Gasteiger partial charge in [0, 0.05) is 6.20 Å². The fourth-order valence-corrected chi connectivity index (χ4v) is 1.40. The minimum absolute atomic E-state index is 0. The van der Waals surface area contributed by atoms with Crippen LogP contribution in [0.25, 0.3) is 6.08 Å². The van der Waals surface area contributed by atoms with Crippen molar-refractivity contribution in [1.29, 1.82) is 0 Å². The van der Waals surface area contributed by atoms with E-state index in [1.165, 1.54) is 12.4 Å². The van der Waals surface area contributed by atoms with Crippen molar-refractivity contribution in [2.45, 2.75) is 45.1 Å². The summed E-state index contributed by atoms with van der Waals surface area (Å²) in [6, 6.07) is 0. The fraction of sp³-hybridized carbons (Fsp3) is 0.500. The number of hydrogen-bond acceptors (Lipinski definition) is 6. The van der Waals surface area contributed by atoms with Gasteiger partial charge >= 0.3 is 19.5 Å². The molecule has 1 aromatic heterocycles. The number of carboxylic acids is 2. The normalized spacial score (nSPS) is 11.2. The van der Waals surface area contributed by atoms with Crippen LogP contribution in [-0.4, -0.2) is 33.1 Å². The molecule has 0 aromatic carbocycles. The quantitative estimate of drug-likeness (QED) is 0.355. The number of carboxylic acid groups (broad SMARTS) is 2. The number of imidazole rings is 1. The summed E-state index contributed by atoms with van der Waals surface area (Å²) in [5.74, 6) is -2.58. The van der Waals surface area contributed by atoms with Crippen molar-refractivity contribution in [3.63, 3.8) is 0 Å². The Bertz CT molecular complexity index is 434. The van der Waals surface area contributed by atoms with Crippen LogP contribution in [0.15, 0.2) is 18.6 Å². The van der Waals surface area contributed by atoms with E-state index in [-0.39, 0.29) is 19.5 Å². The Morgan fingerprint density at radius 1 is 1.36 bits per heavy atom. The van der Waals surface area contributed by atoms with Gasteiger partial charge in [0.05, 0.1) is 30.1 Å². The molecule has 0 amide bonds. The molecule has 7 nitrogen and oxygen atoms in total. The maximum atomic E-state index is 10.0.